The molecule has 23 heteroatoms. The van der Waals surface area contributed by atoms with Crippen molar-refractivity contribution in [3.8, 4) is 0 Å². The van der Waals surface area contributed by atoms with Crippen molar-refractivity contribution < 1.29 is 55.7 Å². The Morgan fingerprint density at radius 3 is 1.59 bits per heavy atom. The highest BCUT2D eigenvalue weighted by molar-refractivity contribution is 6.29. The molecule has 460 valence electrons. The van der Waals surface area contributed by atoms with E-state index in [1.807, 2.05) is 83.1 Å². The molecule has 18 nitrogen and oxygen atoms in total. The molecule has 2 aliphatic heterocycles. The van der Waals surface area contributed by atoms with E-state index in [2.05, 4.69) is 52.8 Å². The van der Waals surface area contributed by atoms with Gasteiger partial charge in [-0.05, 0) is 105 Å². The van der Waals surface area contributed by atoms with E-state index >= 15 is 0 Å². The molecule has 82 heavy (non-hydrogen) atoms. The van der Waals surface area contributed by atoms with Crippen molar-refractivity contribution in [3.05, 3.63) is 141 Å². The number of aromatic amines is 1. The first-order valence-electron chi connectivity index (χ1n) is 27.1. The van der Waals surface area contributed by atoms with Crippen LogP contribution in [0.25, 0.3) is 0 Å². The Kier molecular flexibility index (Phi) is 46.9. The Bertz CT molecular complexity index is 2610. The predicted molar refractivity (Wildman–Crippen MR) is 321 cm³/mol. The topological polar surface area (TPSA) is 238 Å². The molecule has 0 aliphatic carbocycles. The molecule has 0 unspecified atom stereocenters. The number of carbonyl (C=O) groups is 4. The van der Waals surface area contributed by atoms with Gasteiger partial charge in [0.2, 0.25) is 11.8 Å². The normalized spacial score (nSPS) is 11.0. The van der Waals surface area contributed by atoms with Crippen molar-refractivity contribution in [3.63, 3.8) is 0 Å². The number of nitrogens with zero attached hydrogens (tertiary/aromatic N) is 4. The van der Waals surface area contributed by atoms with Gasteiger partial charge in [-0.25, -0.2) is 47.1 Å². The number of halogens is 5. The van der Waals surface area contributed by atoms with Crippen LogP contribution in [0.4, 0.5) is 50.4 Å². The molecule has 7 rings (SSSR count). The third-order valence-electron chi connectivity index (χ3n) is 8.44. The highest BCUT2D eigenvalue weighted by atomic mass is 35.5. The fraction of sp³-hybridized carbons (Fsp3) is 0.475. The number of pyridine rings is 5. The number of nitrogens with one attached hydrogen (secondary N) is 5. The van der Waals surface area contributed by atoms with Crippen LogP contribution in [0.5, 0.6) is 0 Å². The van der Waals surface area contributed by atoms with Gasteiger partial charge in [0.25, 0.3) is 0 Å². The number of fused-ring (bicyclic) bond motifs is 2. The lowest BCUT2D eigenvalue weighted by Gasteiger charge is -2.19. The van der Waals surface area contributed by atoms with Gasteiger partial charge < -0.3 is 34.6 Å². The van der Waals surface area contributed by atoms with Crippen molar-refractivity contribution in [2.45, 2.75) is 175 Å². The van der Waals surface area contributed by atoms with Crippen molar-refractivity contribution in [1.82, 2.24) is 24.9 Å². The highest BCUT2D eigenvalue weighted by Gasteiger charge is 2.20. The molecule has 0 aromatic carbocycles. The largest absolute Gasteiger partial charge is 0.444 e. The Labute approximate surface area is 488 Å². The summed E-state index contributed by atoms with van der Waals surface area (Å²) in [5.41, 5.74) is 0.286. The molecule has 0 atom stereocenters. The summed E-state index contributed by atoms with van der Waals surface area (Å²) in [6.07, 6.45) is 8.61. The molecule has 0 saturated carbocycles. The minimum atomic E-state index is -0.652. The van der Waals surface area contributed by atoms with Gasteiger partial charge in [0, 0.05) is 91.9 Å². The first-order valence-corrected chi connectivity index (χ1v) is 27.5. The SMILES string of the molecule is C=CC(OCC)OCC.CC.CC.CC.CC.CC.CC(C)(C)OC(=O)Nc1cc(F)ccn1.Cc1c(F)ccnc1NC(=O)OC(C)(C)C.Fc1ccnc(Cl)c1.O=C1CCc2c(F)ccnc2N1.O=C1CCc2c([nH]ccc2=O)N1. The summed E-state index contributed by atoms with van der Waals surface area (Å²) in [7, 11) is 0. The Morgan fingerprint density at radius 1 is 0.646 bits per heavy atom. The van der Waals surface area contributed by atoms with Crippen LogP contribution in [0.1, 0.15) is 154 Å². The summed E-state index contributed by atoms with van der Waals surface area (Å²) < 4.78 is 71.1. The van der Waals surface area contributed by atoms with Crippen molar-refractivity contribution in [2.75, 3.05) is 34.5 Å². The number of hydrogen-bond donors (Lipinski definition) is 5. The lowest BCUT2D eigenvalue weighted by molar-refractivity contribution is -0.117. The summed E-state index contributed by atoms with van der Waals surface area (Å²) in [5, 5.41) is 10.0. The molecule has 5 aromatic rings. The van der Waals surface area contributed by atoms with Gasteiger partial charge in [0.05, 0.1) is 0 Å². The standard InChI is InChI=1S/C11H15FN2O2.C10H13FN2O2.C8H7FN2O.C8H8N2O2.C7H14O2.C5H3ClFN.5C2H6/c1-7-8(12)5-6-13-9(7)14-10(15)16-11(2,3)4;1-10(2,3)15-9(14)13-8-6-7(11)4-5-12-8;9-6-3-4-10-8-5(6)1-2-7(12)11-8;11-6-3-4-9-8-5(6)1-2-7(12)10-8;1-4-7(8-5-2)9-6-3;6-5-3-4(7)1-2-8-5;5*1-2/h5-6H,1-4H3,(H,13,14,15);4-6H,1-3H3,(H,12,13,14);3-4H,1-2H2,(H,10,11,12);3-4H,1-2H2,(H2,9,10,11,12);4,7H,1,5-6H2,2-3H3;1-3H;5*1-2H3. The molecule has 0 spiro atoms. The maximum Gasteiger partial charge on any atom is 0.413 e. The van der Waals surface area contributed by atoms with Gasteiger partial charge in [-0.2, -0.15) is 0 Å². The quantitative estimate of drug-likeness (QED) is 0.0442. The van der Waals surface area contributed by atoms with Gasteiger partial charge in [-0.15, -0.1) is 0 Å². The van der Waals surface area contributed by atoms with E-state index in [-0.39, 0.29) is 57.5 Å². The lowest BCUT2D eigenvalue weighted by Crippen LogP contribution is -2.27. The first kappa shape index (κ1) is 81.2. The second-order valence-corrected chi connectivity index (χ2v) is 17.0. The highest BCUT2D eigenvalue weighted by Crippen LogP contribution is 2.22. The van der Waals surface area contributed by atoms with Crippen LogP contribution < -0.4 is 26.7 Å². The van der Waals surface area contributed by atoms with Crippen molar-refractivity contribution >= 4 is 58.9 Å². The summed E-state index contributed by atoms with van der Waals surface area (Å²) in [4.78, 5) is 73.5. The van der Waals surface area contributed by atoms with Crippen LogP contribution in [0.2, 0.25) is 5.15 Å². The van der Waals surface area contributed by atoms with E-state index in [4.69, 9.17) is 30.5 Å². The second kappa shape index (κ2) is 47.4. The van der Waals surface area contributed by atoms with Crippen LogP contribution in [0, 0.1) is 30.2 Å². The summed E-state index contributed by atoms with van der Waals surface area (Å²) in [6.45, 7) is 40.7. The average Bonchev–Trinajstić information content (AvgIpc) is 3.46. The summed E-state index contributed by atoms with van der Waals surface area (Å²) in [5.74, 6) is -0.435. The van der Waals surface area contributed by atoms with Crippen LogP contribution in [-0.2, 0) is 41.4 Å². The zero-order valence-corrected chi connectivity index (χ0v) is 52.1. The maximum absolute atomic E-state index is 13.1. The number of carbonyl (C=O) groups excluding carboxylic acids is 4. The van der Waals surface area contributed by atoms with Gasteiger partial charge in [0.15, 0.2) is 11.7 Å². The number of H-pyrrole nitrogens is 1. The third-order valence-corrected chi connectivity index (χ3v) is 8.64. The number of anilines is 4. The fourth-order valence-electron chi connectivity index (χ4n) is 5.37. The monoisotopic (exact) mass is 1180 g/mol. The van der Waals surface area contributed by atoms with E-state index in [9.17, 15) is 41.5 Å². The molecule has 2 aliphatic rings. The smallest absolute Gasteiger partial charge is 0.413 e. The second-order valence-electron chi connectivity index (χ2n) is 16.6. The molecular formula is C59H90ClF4N9O9. The van der Waals surface area contributed by atoms with E-state index in [1.165, 1.54) is 68.2 Å². The maximum atomic E-state index is 13.1. The first-order chi connectivity index (χ1) is 38.8. The van der Waals surface area contributed by atoms with Gasteiger partial charge in [-0.3, -0.25) is 25.0 Å². The number of rotatable bonds is 7. The number of aromatic nitrogens is 5. The minimum Gasteiger partial charge on any atom is -0.444 e. The van der Waals surface area contributed by atoms with Crippen molar-refractivity contribution in [2.24, 2.45) is 0 Å². The van der Waals surface area contributed by atoms with Crippen LogP contribution in [0.15, 0.2) is 90.9 Å². The molecule has 5 N–H and O–H groups in total. The fourth-order valence-corrected chi connectivity index (χ4v) is 5.53. The molecular weight excluding hydrogens is 1090 g/mol. The molecule has 0 bridgehead atoms. The van der Waals surface area contributed by atoms with Gasteiger partial charge in [0.1, 0.15) is 62.9 Å². The summed E-state index contributed by atoms with van der Waals surface area (Å²) in [6, 6.07) is 8.71. The lowest BCUT2D eigenvalue weighted by atomic mass is 10.1. The summed E-state index contributed by atoms with van der Waals surface area (Å²) >= 11 is 5.29. The van der Waals surface area contributed by atoms with Crippen LogP contribution >= 0.6 is 11.6 Å². The van der Waals surface area contributed by atoms with Crippen LogP contribution in [0.3, 0.4) is 0 Å². The number of amides is 4. The molecule has 0 saturated heterocycles. The zero-order valence-electron chi connectivity index (χ0n) is 51.4. The molecule has 0 radical (unpaired) electrons. The third kappa shape index (κ3) is 38.4. The minimum absolute atomic E-state index is 0.0104. The van der Waals surface area contributed by atoms with E-state index in [0.29, 0.717) is 61.7 Å². The number of ether oxygens (including phenoxy) is 4. The number of hydrogen-bond acceptors (Lipinski definition) is 13. The predicted octanol–water partition coefficient (Wildman–Crippen LogP) is 15.4. The molecule has 7 heterocycles. The average molecular weight is 1180 g/mol. The molecule has 4 amide bonds. The van der Waals surface area contributed by atoms with E-state index < -0.39 is 35.0 Å². The van der Waals surface area contributed by atoms with Crippen LogP contribution in [-0.4, -0.2) is 79.6 Å². The Balaban J connectivity index is -0.000000436. The van der Waals surface area contributed by atoms with E-state index in [1.54, 1.807) is 47.6 Å². The zero-order chi connectivity index (χ0) is 64.0. The molecule has 0 fully saturated rings. The van der Waals surface area contributed by atoms with Gasteiger partial charge >= 0.3 is 12.2 Å². The van der Waals surface area contributed by atoms with E-state index in [0.717, 1.165) is 12.1 Å². The Hall–Kier alpha value is -7.30. The Morgan fingerprint density at radius 2 is 1.11 bits per heavy atom. The van der Waals surface area contributed by atoms with Gasteiger partial charge in [-0.1, -0.05) is 87.4 Å². The van der Waals surface area contributed by atoms with Crippen molar-refractivity contribution in [1.29, 1.82) is 0 Å². The molecule has 5 aromatic heterocycles.